The molecule has 0 saturated carbocycles. The Bertz CT molecular complexity index is 929. The molecule has 28 heavy (non-hydrogen) atoms. The zero-order valence-corrected chi connectivity index (χ0v) is 16.7. The van der Waals surface area contributed by atoms with Crippen molar-refractivity contribution in [3.8, 4) is 11.5 Å². The first-order chi connectivity index (χ1) is 13.7. The van der Waals surface area contributed by atoms with Gasteiger partial charge in [0.05, 0.1) is 12.8 Å². The van der Waals surface area contributed by atoms with Crippen LogP contribution in [0.25, 0.3) is 0 Å². The van der Waals surface area contributed by atoms with Crippen LogP contribution in [0.15, 0.2) is 65.9 Å². The normalized spacial score (nSPS) is 10.8. The SMILES string of the molecule is CCOc1cc(/C=N/Nc2ccccn2)ccc1OCc1c(Cl)cccc1Cl. The van der Waals surface area contributed by atoms with Crippen LogP contribution in [0.2, 0.25) is 10.0 Å². The Morgan fingerprint density at radius 2 is 1.82 bits per heavy atom. The van der Waals surface area contributed by atoms with Crippen molar-refractivity contribution in [1.82, 2.24) is 4.98 Å². The molecule has 0 spiro atoms. The number of anilines is 1. The maximum absolute atomic E-state index is 6.20. The van der Waals surface area contributed by atoms with E-state index in [1.54, 1.807) is 30.6 Å². The van der Waals surface area contributed by atoms with Gasteiger partial charge in [0.25, 0.3) is 0 Å². The van der Waals surface area contributed by atoms with Crippen molar-refractivity contribution >= 4 is 35.2 Å². The van der Waals surface area contributed by atoms with E-state index in [4.69, 9.17) is 32.7 Å². The molecule has 0 fully saturated rings. The summed E-state index contributed by atoms with van der Waals surface area (Å²) in [5.41, 5.74) is 4.47. The third-order valence-electron chi connectivity index (χ3n) is 3.76. The first-order valence-electron chi connectivity index (χ1n) is 8.70. The van der Waals surface area contributed by atoms with Crippen molar-refractivity contribution in [3.05, 3.63) is 82.0 Å². The minimum atomic E-state index is 0.243. The molecule has 5 nitrogen and oxygen atoms in total. The largest absolute Gasteiger partial charge is 0.490 e. The van der Waals surface area contributed by atoms with Crippen molar-refractivity contribution in [2.24, 2.45) is 5.10 Å². The summed E-state index contributed by atoms with van der Waals surface area (Å²) in [6, 6.07) is 16.5. The van der Waals surface area contributed by atoms with Crippen LogP contribution in [-0.2, 0) is 6.61 Å². The number of hydrazone groups is 1. The lowest BCUT2D eigenvalue weighted by Gasteiger charge is -2.14. The Balaban J connectivity index is 1.71. The molecular formula is C21H19Cl2N3O2. The summed E-state index contributed by atoms with van der Waals surface area (Å²) in [6.45, 7) is 2.67. The van der Waals surface area contributed by atoms with Gasteiger partial charge in [-0.05, 0) is 55.0 Å². The van der Waals surface area contributed by atoms with Gasteiger partial charge in [-0.2, -0.15) is 5.10 Å². The lowest BCUT2D eigenvalue weighted by molar-refractivity contribution is 0.269. The summed E-state index contributed by atoms with van der Waals surface area (Å²) in [5, 5.41) is 5.32. The molecule has 0 saturated heterocycles. The number of pyridine rings is 1. The van der Waals surface area contributed by atoms with Crippen LogP contribution in [-0.4, -0.2) is 17.8 Å². The van der Waals surface area contributed by atoms with E-state index < -0.39 is 0 Å². The highest BCUT2D eigenvalue weighted by Gasteiger charge is 2.10. The molecule has 1 N–H and O–H groups in total. The summed E-state index contributed by atoms with van der Waals surface area (Å²) in [5.74, 6) is 1.89. The van der Waals surface area contributed by atoms with E-state index in [0.29, 0.717) is 34.0 Å². The first-order valence-corrected chi connectivity index (χ1v) is 9.45. The van der Waals surface area contributed by atoms with Crippen molar-refractivity contribution in [1.29, 1.82) is 0 Å². The minimum absolute atomic E-state index is 0.243. The van der Waals surface area contributed by atoms with E-state index in [1.165, 1.54) is 0 Å². The molecule has 0 aliphatic carbocycles. The van der Waals surface area contributed by atoms with Crippen LogP contribution in [0.4, 0.5) is 5.82 Å². The first kappa shape index (κ1) is 20.0. The second-order valence-electron chi connectivity index (χ2n) is 5.71. The number of aromatic nitrogens is 1. The number of rotatable bonds is 8. The minimum Gasteiger partial charge on any atom is -0.490 e. The van der Waals surface area contributed by atoms with E-state index in [1.807, 2.05) is 43.3 Å². The van der Waals surface area contributed by atoms with Crippen LogP contribution in [0.1, 0.15) is 18.1 Å². The van der Waals surface area contributed by atoms with E-state index >= 15 is 0 Å². The van der Waals surface area contributed by atoms with E-state index in [2.05, 4.69) is 15.5 Å². The molecule has 3 rings (SSSR count). The molecule has 2 aromatic carbocycles. The molecule has 0 aliphatic heterocycles. The number of ether oxygens (including phenoxy) is 2. The van der Waals surface area contributed by atoms with E-state index in [9.17, 15) is 0 Å². The topological polar surface area (TPSA) is 55.7 Å². The summed E-state index contributed by atoms with van der Waals surface area (Å²) in [4.78, 5) is 4.15. The summed E-state index contributed by atoms with van der Waals surface area (Å²) >= 11 is 12.4. The molecule has 0 unspecified atom stereocenters. The van der Waals surface area contributed by atoms with Gasteiger partial charge in [0.2, 0.25) is 0 Å². The molecule has 0 radical (unpaired) electrons. The zero-order valence-electron chi connectivity index (χ0n) is 15.2. The maximum atomic E-state index is 6.20. The van der Waals surface area contributed by atoms with Gasteiger partial charge in [-0.3, -0.25) is 5.43 Å². The Hall–Kier alpha value is -2.76. The Morgan fingerprint density at radius 1 is 1.00 bits per heavy atom. The van der Waals surface area contributed by atoms with E-state index in [-0.39, 0.29) is 6.61 Å². The van der Waals surface area contributed by atoms with E-state index in [0.717, 1.165) is 11.1 Å². The quantitative estimate of drug-likeness (QED) is 0.372. The molecule has 3 aromatic rings. The van der Waals surface area contributed by atoms with Crippen molar-refractivity contribution in [2.75, 3.05) is 12.0 Å². The van der Waals surface area contributed by atoms with Gasteiger partial charge < -0.3 is 9.47 Å². The van der Waals surface area contributed by atoms with Gasteiger partial charge in [0.15, 0.2) is 11.5 Å². The van der Waals surface area contributed by atoms with Gasteiger partial charge in [0, 0.05) is 21.8 Å². The summed E-state index contributed by atoms with van der Waals surface area (Å²) in [6.07, 6.45) is 3.38. The van der Waals surface area contributed by atoms with Gasteiger partial charge in [-0.15, -0.1) is 0 Å². The fourth-order valence-corrected chi connectivity index (χ4v) is 2.92. The van der Waals surface area contributed by atoms with Crippen LogP contribution in [0.5, 0.6) is 11.5 Å². The Morgan fingerprint density at radius 3 is 2.54 bits per heavy atom. The Labute approximate surface area is 173 Å². The third-order valence-corrected chi connectivity index (χ3v) is 4.47. The lowest BCUT2D eigenvalue weighted by atomic mass is 10.2. The Kier molecular flexibility index (Phi) is 7.12. The lowest BCUT2D eigenvalue weighted by Crippen LogP contribution is -2.01. The van der Waals surface area contributed by atoms with Crippen molar-refractivity contribution in [2.45, 2.75) is 13.5 Å². The number of benzene rings is 2. The molecule has 0 aliphatic rings. The molecule has 1 heterocycles. The fourth-order valence-electron chi connectivity index (χ4n) is 2.41. The number of nitrogens with zero attached hydrogens (tertiary/aromatic N) is 2. The van der Waals surface area contributed by atoms with Crippen LogP contribution >= 0.6 is 23.2 Å². The molecular weight excluding hydrogens is 397 g/mol. The standard InChI is InChI=1S/C21H19Cl2N3O2/c1-2-27-20-12-15(13-25-26-21-8-3-4-11-24-21)9-10-19(20)28-14-16-17(22)6-5-7-18(16)23/h3-13H,2,14H2,1H3,(H,24,26)/b25-13+. The summed E-state index contributed by atoms with van der Waals surface area (Å²) < 4.78 is 11.6. The maximum Gasteiger partial charge on any atom is 0.161 e. The molecule has 0 bridgehead atoms. The average molecular weight is 416 g/mol. The molecule has 1 aromatic heterocycles. The highest BCUT2D eigenvalue weighted by molar-refractivity contribution is 6.35. The number of halogens is 2. The van der Waals surface area contributed by atoms with Crippen molar-refractivity contribution < 1.29 is 9.47 Å². The van der Waals surface area contributed by atoms with Crippen LogP contribution in [0.3, 0.4) is 0 Å². The zero-order chi connectivity index (χ0) is 19.8. The van der Waals surface area contributed by atoms with Gasteiger partial charge in [-0.25, -0.2) is 4.98 Å². The fraction of sp³-hybridized carbons (Fsp3) is 0.143. The predicted octanol–water partition coefficient (Wildman–Crippen LogP) is 5.81. The molecule has 144 valence electrons. The second kappa shape index (κ2) is 9.97. The van der Waals surface area contributed by atoms with Gasteiger partial charge >= 0.3 is 0 Å². The van der Waals surface area contributed by atoms with Crippen LogP contribution in [0, 0.1) is 0 Å². The third kappa shape index (κ3) is 5.38. The van der Waals surface area contributed by atoms with Gasteiger partial charge in [0.1, 0.15) is 12.4 Å². The van der Waals surface area contributed by atoms with Crippen molar-refractivity contribution in [3.63, 3.8) is 0 Å². The molecule has 7 heteroatoms. The average Bonchev–Trinajstić information content (AvgIpc) is 2.70. The monoisotopic (exact) mass is 415 g/mol. The number of hydrogen-bond acceptors (Lipinski definition) is 5. The summed E-state index contributed by atoms with van der Waals surface area (Å²) in [7, 11) is 0. The van der Waals surface area contributed by atoms with Gasteiger partial charge in [-0.1, -0.05) is 35.3 Å². The predicted molar refractivity (Wildman–Crippen MR) is 114 cm³/mol. The highest BCUT2D eigenvalue weighted by atomic mass is 35.5. The number of hydrogen-bond donors (Lipinski definition) is 1. The number of nitrogens with one attached hydrogen (secondary N) is 1. The highest BCUT2D eigenvalue weighted by Crippen LogP contribution is 2.31. The molecule has 0 atom stereocenters. The van der Waals surface area contributed by atoms with Crippen LogP contribution < -0.4 is 14.9 Å². The molecule has 0 amide bonds. The smallest absolute Gasteiger partial charge is 0.161 e. The second-order valence-corrected chi connectivity index (χ2v) is 6.53.